The first-order valence-corrected chi connectivity index (χ1v) is 12.8. The Balaban J connectivity index is 1.75. The van der Waals surface area contributed by atoms with Crippen LogP contribution >= 0.6 is 11.6 Å². The molecule has 1 unspecified atom stereocenters. The number of hydrogen-bond donors (Lipinski definition) is 2. The van der Waals surface area contributed by atoms with Crippen LogP contribution in [0.15, 0.2) is 42.5 Å². The fraction of sp³-hybridized carbons (Fsp3) is 0.407. The van der Waals surface area contributed by atoms with E-state index in [9.17, 15) is 24.3 Å². The average molecular weight is 560 g/mol. The minimum absolute atomic E-state index is 0.100. The molecule has 1 aliphatic rings. The van der Waals surface area contributed by atoms with E-state index in [4.69, 9.17) is 16.3 Å². The van der Waals surface area contributed by atoms with E-state index in [1.54, 1.807) is 39.4 Å². The minimum Gasteiger partial charge on any atom is -0.497 e. The molecule has 2 aromatic carbocycles. The molecular weight excluding hydrogens is 526 g/mol. The molecule has 4 amide bonds. The fourth-order valence-electron chi connectivity index (χ4n) is 4.25. The third kappa shape index (κ3) is 7.84. The van der Waals surface area contributed by atoms with Crippen molar-refractivity contribution in [1.29, 1.82) is 0 Å². The van der Waals surface area contributed by atoms with Crippen LogP contribution in [0.25, 0.3) is 0 Å². The van der Waals surface area contributed by atoms with Gasteiger partial charge in [-0.3, -0.25) is 14.4 Å². The lowest BCUT2D eigenvalue weighted by molar-refractivity contribution is -0.162. The van der Waals surface area contributed by atoms with Gasteiger partial charge in [0.05, 0.1) is 13.7 Å². The average Bonchev–Trinajstić information content (AvgIpc) is 2.89. The van der Waals surface area contributed by atoms with E-state index in [-0.39, 0.29) is 45.1 Å². The largest absolute Gasteiger partial charge is 0.497 e. The standard InChI is InChI=1S/C27H34ClN5O6/c1-18-5-8-20(22(28)13-18)15-30(2)26(37)23(11-12-25(35)36)32-17-33(31(3)16-24(32)34)27(38)29-14-19-6-9-21(39-4)10-7-19/h5-10,13,23H,11-12,14-17H2,1-4H3,(H,29,38)(H,35,36). The van der Waals surface area contributed by atoms with E-state index in [1.165, 1.54) is 19.8 Å². The van der Waals surface area contributed by atoms with Crippen molar-refractivity contribution in [3.63, 3.8) is 0 Å². The zero-order valence-electron chi connectivity index (χ0n) is 22.5. The number of aryl methyl sites for hydroxylation is 1. The normalized spacial score (nSPS) is 14.6. The lowest BCUT2D eigenvalue weighted by Gasteiger charge is -2.44. The summed E-state index contributed by atoms with van der Waals surface area (Å²) >= 11 is 6.35. The van der Waals surface area contributed by atoms with Gasteiger partial charge in [-0.05, 0) is 48.2 Å². The Morgan fingerprint density at radius 1 is 1.18 bits per heavy atom. The van der Waals surface area contributed by atoms with Gasteiger partial charge in [0, 0.05) is 38.6 Å². The first kappa shape index (κ1) is 29.7. The van der Waals surface area contributed by atoms with E-state index < -0.39 is 23.9 Å². The van der Waals surface area contributed by atoms with Crippen LogP contribution in [0.3, 0.4) is 0 Å². The van der Waals surface area contributed by atoms with Gasteiger partial charge in [0.1, 0.15) is 18.5 Å². The smallest absolute Gasteiger partial charge is 0.333 e. The third-order valence-corrected chi connectivity index (χ3v) is 6.86. The molecule has 0 aliphatic carbocycles. The van der Waals surface area contributed by atoms with Gasteiger partial charge in [-0.2, -0.15) is 0 Å². The van der Waals surface area contributed by atoms with E-state index in [0.717, 1.165) is 16.7 Å². The summed E-state index contributed by atoms with van der Waals surface area (Å²) in [5, 5.41) is 15.4. The first-order valence-electron chi connectivity index (χ1n) is 12.4. The number of methoxy groups -OCH3 is 1. The number of ether oxygens (including phenoxy) is 1. The summed E-state index contributed by atoms with van der Waals surface area (Å²) in [6, 6.07) is 11.2. The molecule has 0 spiro atoms. The predicted molar refractivity (Wildman–Crippen MR) is 145 cm³/mol. The second-order valence-electron chi connectivity index (χ2n) is 9.46. The van der Waals surface area contributed by atoms with Crippen molar-refractivity contribution in [2.75, 3.05) is 34.4 Å². The molecule has 39 heavy (non-hydrogen) atoms. The predicted octanol–water partition coefficient (Wildman–Crippen LogP) is 2.71. The number of carboxylic acid groups (broad SMARTS) is 1. The molecular formula is C27H34ClN5O6. The first-order chi connectivity index (χ1) is 18.5. The number of hydrazine groups is 1. The van der Waals surface area contributed by atoms with Crippen LogP contribution in [-0.4, -0.2) is 89.2 Å². The number of nitrogens with zero attached hydrogens (tertiary/aromatic N) is 4. The number of benzene rings is 2. The van der Waals surface area contributed by atoms with Crippen molar-refractivity contribution >= 4 is 35.4 Å². The number of likely N-dealkylation sites (N-methyl/N-ethyl adjacent to an activating group) is 2. The molecule has 0 aromatic heterocycles. The molecule has 0 saturated carbocycles. The number of urea groups is 1. The van der Waals surface area contributed by atoms with Gasteiger partial charge in [0.15, 0.2) is 0 Å². The molecule has 210 valence electrons. The Bertz CT molecular complexity index is 1210. The molecule has 1 aliphatic heterocycles. The summed E-state index contributed by atoms with van der Waals surface area (Å²) in [4.78, 5) is 53.7. The minimum atomic E-state index is -1.09. The molecule has 0 bridgehead atoms. The van der Waals surface area contributed by atoms with Crippen molar-refractivity contribution in [1.82, 2.24) is 25.1 Å². The highest BCUT2D eigenvalue weighted by Crippen LogP contribution is 2.22. The second kappa shape index (κ2) is 13.3. The Labute approximate surface area is 232 Å². The monoisotopic (exact) mass is 559 g/mol. The van der Waals surface area contributed by atoms with Crippen LogP contribution in [0.2, 0.25) is 5.02 Å². The number of rotatable bonds is 10. The number of hydrogen-bond acceptors (Lipinski definition) is 6. The van der Waals surface area contributed by atoms with Crippen LogP contribution in [0.5, 0.6) is 5.75 Å². The van der Waals surface area contributed by atoms with E-state index in [2.05, 4.69) is 5.32 Å². The third-order valence-electron chi connectivity index (χ3n) is 6.51. The number of aliphatic carboxylic acids is 1. The summed E-state index contributed by atoms with van der Waals surface area (Å²) in [7, 11) is 4.74. The molecule has 2 aromatic rings. The van der Waals surface area contributed by atoms with Crippen molar-refractivity contribution in [2.45, 2.75) is 38.9 Å². The Morgan fingerprint density at radius 3 is 2.49 bits per heavy atom. The maximum Gasteiger partial charge on any atom is 0.333 e. The van der Waals surface area contributed by atoms with Crippen LogP contribution in [0, 0.1) is 6.92 Å². The van der Waals surface area contributed by atoms with Crippen LogP contribution in [-0.2, 0) is 27.5 Å². The number of amides is 4. The van der Waals surface area contributed by atoms with Gasteiger partial charge in [-0.1, -0.05) is 35.9 Å². The van der Waals surface area contributed by atoms with Crippen LogP contribution in [0.1, 0.15) is 29.5 Å². The van der Waals surface area contributed by atoms with Crippen molar-refractivity contribution in [3.8, 4) is 5.75 Å². The van der Waals surface area contributed by atoms with Gasteiger partial charge in [0.2, 0.25) is 11.8 Å². The lowest BCUT2D eigenvalue weighted by atomic mass is 10.1. The summed E-state index contributed by atoms with van der Waals surface area (Å²) in [6.07, 6.45) is -0.421. The topological polar surface area (TPSA) is 123 Å². The quantitative estimate of drug-likeness (QED) is 0.459. The van der Waals surface area contributed by atoms with Crippen LogP contribution < -0.4 is 10.1 Å². The molecule has 1 atom stereocenters. The highest BCUT2D eigenvalue weighted by molar-refractivity contribution is 6.31. The molecule has 11 nitrogen and oxygen atoms in total. The van der Waals surface area contributed by atoms with E-state index in [0.29, 0.717) is 10.8 Å². The molecule has 1 saturated heterocycles. The molecule has 0 radical (unpaired) electrons. The Hall–Kier alpha value is -3.83. The SMILES string of the molecule is COc1ccc(CNC(=O)N2CN(C(CCC(=O)O)C(=O)N(C)Cc3ccc(C)cc3Cl)C(=O)CN2C)cc1. The highest BCUT2D eigenvalue weighted by Gasteiger charge is 2.39. The number of carbonyl (C=O) groups is 4. The van der Waals surface area contributed by atoms with Crippen LogP contribution in [0.4, 0.5) is 4.79 Å². The summed E-state index contributed by atoms with van der Waals surface area (Å²) < 4.78 is 5.15. The van der Waals surface area contributed by atoms with Crippen molar-refractivity contribution < 1.29 is 29.0 Å². The second-order valence-corrected chi connectivity index (χ2v) is 9.87. The van der Waals surface area contributed by atoms with Gasteiger partial charge >= 0.3 is 12.0 Å². The number of nitrogens with one attached hydrogen (secondary N) is 1. The summed E-state index contributed by atoms with van der Waals surface area (Å²) in [5.74, 6) is -1.22. The van der Waals surface area contributed by atoms with E-state index in [1.807, 2.05) is 31.2 Å². The van der Waals surface area contributed by atoms with Crippen molar-refractivity contribution in [2.24, 2.45) is 0 Å². The maximum atomic E-state index is 13.6. The Morgan fingerprint density at radius 2 is 1.87 bits per heavy atom. The van der Waals surface area contributed by atoms with Gasteiger partial charge < -0.3 is 25.0 Å². The molecule has 3 rings (SSSR count). The molecule has 2 N–H and O–H groups in total. The molecule has 1 fully saturated rings. The van der Waals surface area contributed by atoms with Gasteiger partial charge in [0.25, 0.3) is 0 Å². The number of carbonyl (C=O) groups excluding carboxylic acids is 3. The lowest BCUT2D eigenvalue weighted by Crippen LogP contribution is -2.65. The number of carboxylic acids is 1. The number of halogens is 1. The fourth-order valence-corrected chi connectivity index (χ4v) is 4.54. The summed E-state index contributed by atoms with van der Waals surface area (Å²) in [6.45, 7) is 1.96. The maximum absolute atomic E-state index is 13.6. The zero-order chi connectivity index (χ0) is 28.7. The van der Waals surface area contributed by atoms with Crippen molar-refractivity contribution in [3.05, 3.63) is 64.2 Å². The van der Waals surface area contributed by atoms with Gasteiger partial charge in [-0.15, -0.1) is 0 Å². The van der Waals surface area contributed by atoms with E-state index >= 15 is 0 Å². The van der Waals surface area contributed by atoms with Gasteiger partial charge in [-0.25, -0.2) is 14.8 Å². The zero-order valence-corrected chi connectivity index (χ0v) is 23.3. The summed E-state index contributed by atoms with van der Waals surface area (Å²) in [5.41, 5.74) is 2.55. The Kier molecular flexibility index (Phi) is 10.1. The molecule has 1 heterocycles. The highest BCUT2D eigenvalue weighted by atomic mass is 35.5. The molecule has 12 heteroatoms.